The van der Waals surface area contributed by atoms with Crippen LogP contribution in [0.5, 0.6) is 0 Å². The summed E-state index contributed by atoms with van der Waals surface area (Å²) < 4.78 is 9.24. The molecule has 0 bridgehead atoms. The van der Waals surface area contributed by atoms with E-state index in [4.69, 9.17) is 4.42 Å². The fourth-order valence-electron chi connectivity index (χ4n) is 7.18. The van der Waals surface area contributed by atoms with E-state index in [9.17, 15) is 0 Å². The van der Waals surface area contributed by atoms with Crippen LogP contribution in [0.25, 0.3) is 74.8 Å². The van der Waals surface area contributed by atoms with Crippen LogP contribution in [0.4, 0.5) is 17.1 Å². The lowest BCUT2D eigenvalue weighted by molar-refractivity contribution is 0.669. The van der Waals surface area contributed by atoms with Gasteiger partial charge in [-0.3, -0.25) is 0 Å². The molecule has 0 atom stereocenters. The van der Waals surface area contributed by atoms with Gasteiger partial charge in [0.15, 0.2) is 0 Å². The van der Waals surface area contributed by atoms with Crippen molar-refractivity contribution in [2.45, 2.75) is 0 Å². The van der Waals surface area contributed by atoms with Crippen LogP contribution in [0.2, 0.25) is 0 Å². The van der Waals surface area contributed by atoms with Gasteiger partial charge in [-0.25, -0.2) is 0 Å². The first kappa shape index (κ1) is 26.3. The van der Waals surface area contributed by atoms with Crippen LogP contribution in [0.3, 0.4) is 0 Å². The Balaban J connectivity index is 1.11. The molecule has 3 heteroatoms. The van der Waals surface area contributed by atoms with E-state index >= 15 is 0 Å². The molecule has 47 heavy (non-hydrogen) atoms. The van der Waals surface area contributed by atoms with Crippen molar-refractivity contribution in [1.82, 2.24) is 0 Å². The average molecular weight is 618 g/mol. The molecule has 2 heterocycles. The maximum absolute atomic E-state index is 6.62. The van der Waals surface area contributed by atoms with E-state index in [1.165, 1.54) is 58.2 Å². The molecular formula is C44H27NOS. The highest BCUT2D eigenvalue weighted by Gasteiger charge is 2.19. The lowest BCUT2D eigenvalue weighted by Crippen LogP contribution is -2.09. The zero-order valence-electron chi connectivity index (χ0n) is 25.4. The molecule has 0 spiro atoms. The summed E-state index contributed by atoms with van der Waals surface area (Å²) in [5, 5.41) is 9.99. The summed E-state index contributed by atoms with van der Waals surface area (Å²) >= 11 is 1.87. The topological polar surface area (TPSA) is 16.4 Å². The first-order valence-corrected chi connectivity index (χ1v) is 16.7. The van der Waals surface area contributed by atoms with E-state index in [1.807, 2.05) is 11.3 Å². The summed E-state index contributed by atoms with van der Waals surface area (Å²) in [6.07, 6.45) is 0. The van der Waals surface area contributed by atoms with Gasteiger partial charge in [0.2, 0.25) is 0 Å². The van der Waals surface area contributed by atoms with Crippen LogP contribution in [-0.2, 0) is 0 Å². The van der Waals surface area contributed by atoms with Crippen molar-refractivity contribution in [3.8, 4) is 11.1 Å². The van der Waals surface area contributed by atoms with Crippen molar-refractivity contribution in [2.75, 3.05) is 4.90 Å². The Hall–Kier alpha value is -5.90. The van der Waals surface area contributed by atoms with Gasteiger partial charge in [0, 0.05) is 54.1 Å². The number of thiophene rings is 1. The van der Waals surface area contributed by atoms with Gasteiger partial charge in [0.25, 0.3) is 0 Å². The Morgan fingerprint density at radius 1 is 0.404 bits per heavy atom. The Kier molecular flexibility index (Phi) is 5.78. The van der Waals surface area contributed by atoms with E-state index in [2.05, 4.69) is 169 Å². The Morgan fingerprint density at radius 2 is 1.09 bits per heavy atom. The molecule has 0 unspecified atom stereocenters. The van der Waals surface area contributed by atoms with E-state index in [0.29, 0.717) is 0 Å². The molecule has 0 radical (unpaired) electrons. The highest BCUT2D eigenvalue weighted by molar-refractivity contribution is 7.27. The highest BCUT2D eigenvalue weighted by Crippen LogP contribution is 2.46. The van der Waals surface area contributed by atoms with Crippen molar-refractivity contribution in [3.05, 3.63) is 164 Å². The zero-order valence-corrected chi connectivity index (χ0v) is 26.2. The highest BCUT2D eigenvalue weighted by atomic mass is 32.1. The third-order valence-electron chi connectivity index (χ3n) is 9.43. The van der Waals surface area contributed by atoms with Gasteiger partial charge >= 0.3 is 0 Å². The van der Waals surface area contributed by atoms with Crippen LogP contribution in [0.1, 0.15) is 0 Å². The molecule has 0 aliphatic carbocycles. The van der Waals surface area contributed by atoms with Crippen LogP contribution in [0.15, 0.2) is 168 Å². The third kappa shape index (κ3) is 4.17. The molecule has 0 fully saturated rings. The minimum atomic E-state index is 0.888. The standard InChI is InChI=1S/C44H27NOS/c1-2-11-33(12-3-1)45(34-19-16-29(17-20-34)32-15-14-28-8-4-5-10-31(28)26-32)35-21-23-37-40(27-35)46-39-24-25-41-43(42(37)39)38-22-18-30-9-6-7-13-36(30)44(38)47-41/h1-27H. The number of hydrogen-bond acceptors (Lipinski definition) is 3. The van der Waals surface area contributed by atoms with E-state index in [-0.39, 0.29) is 0 Å². The summed E-state index contributed by atoms with van der Waals surface area (Å²) in [7, 11) is 0. The molecule has 0 aliphatic heterocycles. The maximum atomic E-state index is 6.62. The van der Waals surface area contributed by atoms with Gasteiger partial charge in [-0.15, -0.1) is 11.3 Å². The van der Waals surface area contributed by atoms with E-state index in [1.54, 1.807) is 0 Å². The fraction of sp³-hybridized carbons (Fsp3) is 0. The Morgan fingerprint density at radius 3 is 1.96 bits per heavy atom. The van der Waals surface area contributed by atoms with Gasteiger partial charge in [0.05, 0.1) is 0 Å². The van der Waals surface area contributed by atoms with Gasteiger partial charge in [0.1, 0.15) is 11.2 Å². The summed E-state index contributed by atoms with van der Waals surface area (Å²) in [5.41, 5.74) is 7.46. The Bertz CT molecular complexity index is 2790. The summed E-state index contributed by atoms with van der Waals surface area (Å²) in [5.74, 6) is 0. The average Bonchev–Trinajstić information content (AvgIpc) is 3.70. The smallest absolute Gasteiger partial charge is 0.137 e. The van der Waals surface area contributed by atoms with Gasteiger partial charge in [-0.05, 0) is 87.3 Å². The van der Waals surface area contributed by atoms with Crippen LogP contribution >= 0.6 is 11.3 Å². The molecule has 0 N–H and O–H groups in total. The molecule has 0 aliphatic rings. The molecule has 0 saturated heterocycles. The lowest BCUT2D eigenvalue weighted by Gasteiger charge is -2.25. The van der Waals surface area contributed by atoms with Crippen molar-refractivity contribution >= 4 is 92.1 Å². The molecule has 2 aromatic heterocycles. The number of fused-ring (bicyclic) bond motifs is 10. The molecule has 0 saturated carbocycles. The second-order valence-corrected chi connectivity index (χ2v) is 13.2. The number of furan rings is 1. The molecule has 10 aromatic rings. The van der Waals surface area contributed by atoms with E-state index in [0.717, 1.165) is 33.6 Å². The quantitative estimate of drug-likeness (QED) is 0.195. The monoisotopic (exact) mass is 617 g/mol. The van der Waals surface area contributed by atoms with Crippen LogP contribution < -0.4 is 4.90 Å². The van der Waals surface area contributed by atoms with Crippen molar-refractivity contribution in [2.24, 2.45) is 0 Å². The molecule has 2 nitrogen and oxygen atoms in total. The van der Waals surface area contributed by atoms with Gasteiger partial charge < -0.3 is 9.32 Å². The van der Waals surface area contributed by atoms with Crippen LogP contribution in [-0.4, -0.2) is 0 Å². The summed E-state index contributed by atoms with van der Waals surface area (Å²) in [6.45, 7) is 0. The Labute approximate surface area is 275 Å². The second kappa shape index (κ2) is 10.3. The molecule has 220 valence electrons. The van der Waals surface area contributed by atoms with Gasteiger partial charge in [-0.1, -0.05) is 103 Å². The third-order valence-corrected chi connectivity index (χ3v) is 10.6. The number of rotatable bonds is 4. The summed E-state index contributed by atoms with van der Waals surface area (Å²) in [6, 6.07) is 58.8. The zero-order chi connectivity index (χ0) is 30.9. The SMILES string of the molecule is c1ccc(N(c2ccc(-c3ccc4ccccc4c3)cc2)c2ccc3c(c2)oc2ccc4sc5c6ccccc6ccc5c4c23)cc1. The normalized spacial score (nSPS) is 11.8. The van der Waals surface area contributed by atoms with Crippen molar-refractivity contribution in [3.63, 3.8) is 0 Å². The number of benzene rings is 8. The predicted octanol–water partition coefficient (Wildman–Crippen LogP) is 13.4. The predicted molar refractivity (Wildman–Crippen MR) is 202 cm³/mol. The lowest BCUT2D eigenvalue weighted by atomic mass is 10.0. The largest absolute Gasteiger partial charge is 0.456 e. The number of anilines is 3. The molecule has 10 rings (SSSR count). The first-order chi connectivity index (χ1) is 23.3. The fourth-order valence-corrected chi connectivity index (χ4v) is 8.43. The molecule has 8 aromatic carbocycles. The number of hydrogen-bond donors (Lipinski definition) is 0. The first-order valence-electron chi connectivity index (χ1n) is 15.9. The minimum absolute atomic E-state index is 0.888. The van der Waals surface area contributed by atoms with Crippen molar-refractivity contribution in [1.29, 1.82) is 0 Å². The van der Waals surface area contributed by atoms with Crippen molar-refractivity contribution < 1.29 is 4.42 Å². The number of nitrogens with zero attached hydrogens (tertiary/aromatic N) is 1. The summed E-state index contributed by atoms with van der Waals surface area (Å²) in [4.78, 5) is 2.30. The number of para-hydroxylation sites is 1. The minimum Gasteiger partial charge on any atom is -0.456 e. The second-order valence-electron chi connectivity index (χ2n) is 12.1. The van der Waals surface area contributed by atoms with Crippen LogP contribution in [0, 0.1) is 0 Å². The molecular weight excluding hydrogens is 591 g/mol. The maximum Gasteiger partial charge on any atom is 0.137 e. The van der Waals surface area contributed by atoms with E-state index < -0.39 is 0 Å². The molecule has 0 amide bonds. The van der Waals surface area contributed by atoms with Gasteiger partial charge in [-0.2, -0.15) is 0 Å².